The number of hydrogen-bond donors (Lipinski definition) is 0. The fourth-order valence-electron chi connectivity index (χ4n) is 6.36. The Labute approximate surface area is 270 Å². The monoisotopic (exact) mass is 635 g/mol. The minimum Gasteiger partial charge on any atom is -0.331 e. The normalized spacial score (nSPS) is 19.1. The Morgan fingerprint density at radius 1 is 0.578 bits per heavy atom. The van der Waals surface area contributed by atoms with Gasteiger partial charge in [-0.25, -0.2) is 4.90 Å². The van der Waals surface area contributed by atoms with Crippen LogP contribution in [0.5, 0.6) is 0 Å². The van der Waals surface area contributed by atoms with E-state index in [1.54, 1.807) is 0 Å². The lowest BCUT2D eigenvalue weighted by Gasteiger charge is -2.42. The summed E-state index contributed by atoms with van der Waals surface area (Å²) in [5.41, 5.74) is 1.84. The average molecular weight is 636 g/mol. The van der Waals surface area contributed by atoms with Crippen LogP contribution in [0.4, 0.5) is 17.1 Å². The van der Waals surface area contributed by atoms with Crippen LogP contribution in [-0.4, -0.2) is 36.2 Å². The molecule has 7 heteroatoms. The number of benzene rings is 4. The molecule has 5 nitrogen and oxygen atoms in total. The van der Waals surface area contributed by atoms with Crippen molar-refractivity contribution in [3.05, 3.63) is 115 Å². The van der Waals surface area contributed by atoms with Gasteiger partial charge in [0.1, 0.15) is 13.9 Å². The molecule has 0 spiro atoms. The highest BCUT2D eigenvalue weighted by molar-refractivity contribution is 7.76. The number of para-hydroxylation sites is 3. The van der Waals surface area contributed by atoms with Gasteiger partial charge in [0.2, 0.25) is 11.8 Å². The zero-order valence-corrected chi connectivity index (χ0v) is 28.9. The van der Waals surface area contributed by atoms with Gasteiger partial charge in [-0.2, -0.15) is 0 Å². The van der Waals surface area contributed by atoms with Gasteiger partial charge in [-0.3, -0.25) is 9.59 Å². The lowest BCUT2D eigenvalue weighted by molar-refractivity contribution is -0.121. The van der Waals surface area contributed by atoms with Crippen LogP contribution in [-0.2, 0) is 9.59 Å². The largest absolute Gasteiger partial charge is 0.331 e. The zero-order valence-electron chi connectivity index (χ0n) is 27.1. The molecule has 2 atom stereocenters. The number of carbonyl (C=O) groups is 2. The van der Waals surface area contributed by atoms with Gasteiger partial charge < -0.3 is 9.34 Å². The topological polar surface area (TPSA) is 43.9 Å². The Morgan fingerprint density at radius 3 is 1.40 bits per heavy atom. The number of imide groups is 1. The predicted octanol–water partition coefficient (Wildman–Crippen LogP) is 8.16. The number of carbonyl (C=O) groups excluding carboxylic acids is 2. The fraction of sp³-hybridized carbons (Fsp3) is 0.316. The Bertz CT molecular complexity index is 1570. The van der Waals surface area contributed by atoms with Crippen LogP contribution in [0.3, 0.4) is 0 Å². The second-order valence-electron chi connectivity index (χ2n) is 14.3. The van der Waals surface area contributed by atoms with Crippen molar-refractivity contribution in [1.29, 1.82) is 0 Å². The lowest BCUT2D eigenvalue weighted by atomic mass is 9.96. The Kier molecular flexibility index (Phi) is 8.63. The van der Waals surface area contributed by atoms with Gasteiger partial charge in [-0.05, 0) is 53.6 Å². The third-order valence-electron chi connectivity index (χ3n) is 8.04. The number of fused-ring (bicyclic) bond motifs is 1. The van der Waals surface area contributed by atoms with Gasteiger partial charge in [-0.1, -0.05) is 133 Å². The maximum Gasteiger partial charge on any atom is 0.246 e. The predicted molar refractivity (Wildman–Crippen MR) is 193 cm³/mol. The molecule has 0 saturated carbocycles. The van der Waals surface area contributed by atoms with Crippen molar-refractivity contribution in [2.24, 2.45) is 10.8 Å². The Hall–Kier alpha value is -3.52. The maximum atomic E-state index is 15.1. The molecule has 1 saturated heterocycles. The van der Waals surface area contributed by atoms with E-state index in [1.165, 1.54) is 4.90 Å². The molecular formula is C38H43N3O2P2. The molecule has 0 N–H and O–H groups in total. The molecule has 0 aromatic heterocycles. The van der Waals surface area contributed by atoms with Crippen molar-refractivity contribution in [1.82, 2.24) is 0 Å². The highest BCUT2D eigenvalue weighted by atomic mass is 31.1. The quantitative estimate of drug-likeness (QED) is 0.152. The zero-order chi connectivity index (χ0) is 31.9. The molecule has 6 rings (SSSR count). The van der Waals surface area contributed by atoms with E-state index < -0.39 is 27.5 Å². The number of amides is 2. The molecule has 0 bridgehead atoms. The van der Waals surface area contributed by atoms with Gasteiger partial charge >= 0.3 is 0 Å². The van der Waals surface area contributed by atoms with Crippen molar-refractivity contribution >= 4 is 55.6 Å². The fourth-order valence-corrected chi connectivity index (χ4v) is 13.3. The Balaban J connectivity index is 1.60. The summed E-state index contributed by atoms with van der Waals surface area (Å²) in [4.78, 5) is 31.7. The van der Waals surface area contributed by atoms with E-state index in [0.29, 0.717) is 5.69 Å². The number of hydrogen-bond acceptors (Lipinski definition) is 4. The van der Waals surface area contributed by atoms with Gasteiger partial charge in [0.15, 0.2) is 0 Å². The van der Waals surface area contributed by atoms with Crippen LogP contribution in [0.25, 0.3) is 0 Å². The molecule has 4 aromatic carbocycles. The van der Waals surface area contributed by atoms with Crippen LogP contribution in [0, 0.1) is 10.8 Å². The summed E-state index contributed by atoms with van der Waals surface area (Å²) in [6.07, 6.45) is 0. The first kappa shape index (κ1) is 31.5. The number of nitrogens with zero attached hydrogens (tertiary/aromatic N) is 3. The minimum absolute atomic E-state index is 0.0324. The van der Waals surface area contributed by atoms with E-state index in [2.05, 4.69) is 99.4 Å². The molecule has 45 heavy (non-hydrogen) atoms. The van der Waals surface area contributed by atoms with Crippen LogP contribution in [0.15, 0.2) is 115 Å². The van der Waals surface area contributed by atoms with E-state index in [4.69, 9.17) is 0 Å². The molecule has 2 aliphatic rings. The molecule has 2 aliphatic heterocycles. The molecule has 2 unspecified atom stereocenters. The van der Waals surface area contributed by atoms with Crippen molar-refractivity contribution in [2.75, 3.05) is 27.3 Å². The number of rotatable bonds is 7. The molecular weight excluding hydrogens is 592 g/mol. The van der Waals surface area contributed by atoms with Gasteiger partial charge in [0.25, 0.3) is 0 Å². The first-order valence-electron chi connectivity index (χ1n) is 15.7. The second kappa shape index (κ2) is 12.3. The molecule has 2 heterocycles. The van der Waals surface area contributed by atoms with E-state index in [0.717, 1.165) is 35.1 Å². The lowest BCUT2D eigenvalue weighted by Crippen LogP contribution is -2.42. The van der Waals surface area contributed by atoms with E-state index in [1.807, 2.05) is 66.7 Å². The van der Waals surface area contributed by atoms with Gasteiger partial charge in [0, 0.05) is 13.1 Å². The molecule has 0 radical (unpaired) electrons. The van der Waals surface area contributed by atoms with Gasteiger partial charge in [-0.15, -0.1) is 0 Å². The summed E-state index contributed by atoms with van der Waals surface area (Å²) in [5.74, 6) is -0.188. The third-order valence-corrected chi connectivity index (χ3v) is 13.8. The summed E-state index contributed by atoms with van der Waals surface area (Å²) in [6.45, 7) is 15.1. The number of anilines is 3. The highest BCUT2D eigenvalue weighted by Crippen LogP contribution is 2.67. The summed E-state index contributed by atoms with van der Waals surface area (Å²) < 4.78 is 4.99. The third kappa shape index (κ3) is 6.31. The first-order chi connectivity index (χ1) is 21.4. The van der Waals surface area contributed by atoms with E-state index in [-0.39, 0.29) is 22.6 Å². The average Bonchev–Trinajstić information content (AvgIpc) is 3.42. The van der Waals surface area contributed by atoms with Crippen LogP contribution < -0.4 is 24.8 Å². The van der Waals surface area contributed by atoms with E-state index >= 15 is 9.59 Å². The molecule has 1 fully saturated rings. The minimum atomic E-state index is -1.29. The van der Waals surface area contributed by atoms with Crippen LogP contribution in [0.1, 0.15) is 41.5 Å². The van der Waals surface area contributed by atoms with Crippen molar-refractivity contribution in [2.45, 2.75) is 52.9 Å². The Morgan fingerprint density at radius 2 is 0.978 bits per heavy atom. The van der Waals surface area contributed by atoms with Crippen molar-refractivity contribution in [3.8, 4) is 0 Å². The molecule has 4 aromatic rings. The van der Waals surface area contributed by atoms with E-state index in [9.17, 15) is 0 Å². The van der Waals surface area contributed by atoms with Gasteiger partial charge in [0.05, 0.1) is 22.7 Å². The molecule has 2 amide bonds. The standard InChI is InChI=1S/C38H43N3O2P2/c1-37(2,3)26-39-31-24-16-17-25-32(31)40(27-38(4,5)6)45(39)34-33(35(42)41(36(34)43)28-18-10-7-11-19-28)44(29-20-12-8-13-21-29)30-22-14-9-15-23-30/h7-25,33-34H,26-27H2,1-6H3. The maximum absolute atomic E-state index is 15.1. The van der Waals surface area contributed by atoms with Crippen molar-refractivity contribution in [3.63, 3.8) is 0 Å². The second-order valence-corrected chi connectivity index (χ2v) is 18.8. The molecule has 232 valence electrons. The highest BCUT2D eigenvalue weighted by Gasteiger charge is 2.60. The summed E-state index contributed by atoms with van der Waals surface area (Å²) >= 11 is 0. The SMILES string of the molecule is CC(C)(C)CN1c2ccccc2N(CC(C)(C)C)P1C1C(=O)N(c2ccccc2)C(=O)C1P(c1ccccc1)c1ccccc1. The summed E-state index contributed by atoms with van der Waals surface area (Å²) in [5, 5.41) is 2.22. The first-order valence-corrected chi connectivity index (χ1v) is 18.4. The van der Waals surface area contributed by atoms with Crippen LogP contribution in [0.2, 0.25) is 0 Å². The summed E-state index contributed by atoms with van der Waals surface area (Å²) in [6, 6.07) is 38.9. The molecule has 0 aliphatic carbocycles. The summed E-state index contributed by atoms with van der Waals surface area (Å²) in [7, 11) is -2.51. The smallest absolute Gasteiger partial charge is 0.246 e. The van der Waals surface area contributed by atoms with Crippen molar-refractivity contribution < 1.29 is 9.59 Å². The van der Waals surface area contributed by atoms with Crippen LogP contribution >= 0.6 is 16.1 Å².